The topological polar surface area (TPSA) is 61.5 Å². The Morgan fingerprint density at radius 1 is 1.23 bits per heavy atom. The Labute approximate surface area is 134 Å². The molecule has 2 rings (SSSR count). The molecule has 0 atom stereocenters. The van der Waals surface area contributed by atoms with E-state index in [1.165, 1.54) is 11.3 Å². The molecule has 2 aromatic rings. The lowest BCUT2D eigenvalue weighted by molar-refractivity contribution is 0.0507. The number of thiophene rings is 1. The Hall–Kier alpha value is -2.01. The fraction of sp³-hybridized carbons (Fsp3) is 0.353. The molecule has 0 bridgehead atoms. The largest absolute Gasteiger partial charge is 0.494 e. The minimum Gasteiger partial charge on any atom is -0.494 e. The second kappa shape index (κ2) is 7.31. The van der Waals surface area contributed by atoms with Gasteiger partial charge in [-0.1, -0.05) is 19.1 Å². The molecule has 0 aliphatic rings. The number of ether oxygens (including phenoxy) is 2. The van der Waals surface area contributed by atoms with Crippen molar-refractivity contribution >= 4 is 22.3 Å². The highest BCUT2D eigenvalue weighted by Gasteiger charge is 2.22. The molecule has 4 nitrogen and oxygen atoms in total. The van der Waals surface area contributed by atoms with E-state index >= 15 is 0 Å². The molecule has 0 spiro atoms. The van der Waals surface area contributed by atoms with Gasteiger partial charge in [-0.15, -0.1) is 11.3 Å². The van der Waals surface area contributed by atoms with Crippen LogP contribution in [0.4, 0.5) is 5.00 Å². The number of hydrogen-bond donors (Lipinski definition) is 1. The first-order chi connectivity index (χ1) is 10.6. The summed E-state index contributed by atoms with van der Waals surface area (Å²) in [7, 11) is 0. The molecule has 5 heteroatoms. The molecular weight excluding hydrogens is 298 g/mol. The molecule has 0 amide bonds. The third kappa shape index (κ3) is 3.42. The van der Waals surface area contributed by atoms with E-state index in [-0.39, 0.29) is 5.97 Å². The van der Waals surface area contributed by atoms with E-state index in [0.29, 0.717) is 23.8 Å². The van der Waals surface area contributed by atoms with Gasteiger partial charge >= 0.3 is 5.97 Å². The Kier molecular flexibility index (Phi) is 5.44. The summed E-state index contributed by atoms with van der Waals surface area (Å²) in [5.41, 5.74) is 8.29. The van der Waals surface area contributed by atoms with Gasteiger partial charge < -0.3 is 15.2 Å². The van der Waals surface area contributed by atoms with E-state index in [9.17, 15) is 4.79 Å². The third-order valence-corrected chi connectivity index (χ3v) is 4.14. The molecule has 0 aliphatic heterocycles. The second-order valence-electron chi connectivity index (χ2n) is 4.87. The molecule has 0 fully saturated rings. The number of carbonyl (C=O) groups is 1. The molecule has 2 N–H and O–H groups in total. The quantitative estimate of drug-likeness (QED) is 0.808. The maximum atomic E-state index is 12.3. The van der Waals surface area contributed by atoms with E-state index in [1.807, 2.05) is 45.0 Å². The van der Waals surface area contributed by atoms with Gasteiger partial charge in [0.15, 0.2) is 0 Å². The summed E-state index contributed by atoms with van der Waals surface area (Å²) in [6.07, 6.45) is 0.785. The van der Waals surface area contributed by atoms with Crippen LogP contribution in [0.3, 0.4) is 0 Å². The predicted octanol–water partition coefficient (Wildman–Crippen LogP) is 4.27. The lowest BCUT2D eigenvalue weighted by Crippen LogP contribution is -2.08. The highest BCUT2D eigenvalue weighted by molar-refractivity contribution is 7.16. The van der Waals surface area contributed by atoms with Crippen LogP contribution in [0, 0.1) is 6.92 Å². The number of rotatable bonds is 6. The van der Waals surface area contributed by atoms with Gasteiger partial charge in [-0.2, -0.15) is 0 Å². The molecule has 0 saturated carbocycles. The van der Waals surface area contributed by atoms with Gasteiger partial charge in [0.05, 0.1) is 13.2 Å². The maximum Gasteiger partial charge on any atom is 0.341 e. The standard InChI is InChI=1S/C17H21NO3S/c1-4-10-21-17(19)15-14(11(3)22-16(15)18)12-6-8-13(9-7-12)20-5-2/h6-9H,4-5,10,18H2,1-3H3. The summed E-state index contributed by atoms with van der Waals surface area (Å²) < 4.78 is 10.7. The molecule has 0 saturated heterocycles. The summed E-state index contributed by atoms with van der Waals surface area (Å²) in [4.78, 5) is 13.3. The van der Waals surface area contributed by atoms with Crippen LogP contribution in [0.1, 0.15) is 35.5 Å². The molecule has 1 aromatic carbocycles. The molecule has 0 unspecified atom stereocenters. The fourth-order valence-electron chi connectivity index (χ4n) is 2.27. The van der Waals surface area contributed by atoms with Crippen molar-refractivity contribution in [2.75, 3.05) is 18.9 Å². The van der Waals surface area contributed by atoms with Gasteiger partial charge in [0, 0.05) is 10.4 Å². The minimum atomic E-state index is -0.354. The van der Waals surface area contributed by atoms with Gasteiger partial charge in [-0.05, 0) is 38.0 Å². The Balaban J connectivity index is 2.39. The number of carbonyl (C=O) groups excluding carboxylic acids is 1. The SMILES string of the molecule is CCCOC(=O)c1c(N)sc(C)c1-c1ccc(OCC)cc1. The van der Waals surface area contributed by atoms with Crippen molar-refractivity contribution in [2.45, 2.75) is 27.2 Å². The van der Waals surface area contributed by atoms with Crippen molar-refractivity contribution in [2.24, 2.45) is 0 Å². The minimum absolute atomic E-state index is 0.354. The molecular formula is C17H21NO3S. The Bertz CT molecular complexity index is 647. The van der Waals surface area contributed by atoms with Crippen molar-refractivity contribution in [1.82, 2.24) is 0 Å². The van der Waals surface area contributed by atoms with Crippen molar-refractivity contribution < 1.29 is 14.3 Å². The van der Waals surface area contributed by atoms with Gasteiger partial charge in [-0.3, -0.25) is 0 Å². The van der Waals surface area contributed by atoms with Crippen LogP contribution in [-0.2, 0) is 4.74 Å². The van der Waals surface area contributed by atoms with Crippen LogP contribution in [0.2, 0.25) is 0 Å². The lowest BCUT2D eigenvalue weighted by atomic mass is 10.0. The van der Waals surface area contributed by atoms with Crippen LogP contribution in [0.25, 0.3) is 11.1 Å². The Morgan fingerprint density at radius 3 is 2.50 bits per heavy atom. The number of esters is 1. The molecule has 22 heavy (non-hydrogen) atoms. The molecule has 0 radical (unpaired) electrons. The number of hydrogen-bond acceptors (Lipinski definition) is 5. The number of aryl methyl sites for hydroxylation is 1. The number of nitrogens with two attached hydrogens (primary N) is 1. The van der Waals surface area contributed by atoms with Gasteiger partial charge in [0.1, 0.15) is 16.3 Å². The molecule has 1 heterocycles. The predicted molar refractivity (Wildman–Crippen MR) is 90.6 cm³/mol. The normalized spacial score (nSPS) is 10.5. The summed E-state index contributed by atoms with van der Waals surface area (Å²) in [6, 6.07) is 7.67. The first-order valence-electron chi connectivity index (χ1n) is 7.37. The number of anilines is 1. The zero-order valence-corrected chi connectivity index (χ0v) is 14.0. The first kappa shape index (κ1) is 16.4. The van der Waals surface area contributed by atoms with E-state index in [2.05, 4.69) is 0 Å². The smallest absolute Gasteiger partial charge is 0.341 e. The van der Waals surface area contributed by atoms with Gasteiger partial charge in [0.2, 0.25) is 0 Å². The van der Waals surface area contributed by atoms with Crippen molar-refractivity contribution in [1.29, 1.82) is 0 Å². The van der Waals surface area contributed by atoms with Crippen LogP contribution in [0.5, 0.6) is 5.75 Å². The highest BCUT2D eigenvalue weighted by Crippen LogP contribution is 2.39. The zero-order valence-electron chi connectivity index (χ0n) is 13.1. The zero-order chi connectivity index (χ0) is 16.1. The van der Waals surface area contributed by atoms with E-state index in [1.54, 1.807) is 0 Å². The number of benzene rings is 1. The van der Waals surface area contributed by atoms with Gasteiger partial charge in [-0.25, -0.2) is 4.79 Å². The van der Waals surface area contributed by atoms with Gasteiger partial charge in [0.25, 0.3) is 0 Å². The van der Waals surface area contributed by atoms with Crippen molar-refractivity contribution in [3.63, 3.8) is 0 Å². The average Bonchev–Trinajstić information content (AvgIpc) is 2.80. The monoisotopic (exact) mass is 319 g/mol. The molecule has 1 aromatic heterocycles. The number of nitrogen functional groups attached to an aromatic ring is 1. The van der Waals surface area contributed by atoms with Crippen LogP contribution < -0.4 is 10.5 Å². The molecule has 0 aliphatic carbocycles. The summed E-state index contributed by atoms with van der Waals surface area (Å²) in [5.74, 6) is 0.454. The summed E-state index contributed by atoms with van der Waals surface area (Å²) in [5, 5.41) is 0.502. The Morgan fingerprint density at radius 2 is 1.91 bits per heavy atom. The fourth-order valence-corrected chi connectivity index (χ4v) is 3.21. The van der Waals surface area contributed by atoms with E-state index in [0.717, 1.165) is 28.2 Å². The van der Waals surface area contributed by atoms with E-state index in [4.69, 9.17) is 15.2 Å². The third-order valence-electron chi connectivity index (χ3n) is 3.21. The lowest BCUT2D eigenvalue weighted by Gasteiger charge is -2.08. The van der Waals surface area contributed by atoms with Crippen molar-refractivity contribution in [3.8, 4) is 16.9 Å². The summed E-state index contributed by atoms with van der Waals surface area (Å²) in [6.45, 7) is 6.89. The van der Waals surface area contributed by atoms with Crippen LogP contribution in [-0.4, -0.2) is 19.2 Å². The van der Waals surface area contributed by atoms with Crippen molar-refractivity contribution in [3.05, 3.63) is 34.7 Å². The summed E-state index contributed by atoms with van der Waals surface area (Å²) >= 11 is 1.41. The van der Waals surface area contributed by atoms with E-state index < -0.39 is 0 Å². The van der Waals surface area contributed by atoms with Crippen LogP contribution in [0.15, 0.2) is 24.3 Å². The highest BCUT2D eigenvalue weighted by atomic mass is 32.1. The first-order valence-corrected chi connectivity index (χ1v) is 8.19. The maximum absolute atomic E-state index is 12.3. The molecule has 118 valence electrons. The van der Waals surface area contributed by atoms with Crippen LogP contribution >= 0.6 is 11.3 Å². The average molecular weight is 319 g/mol. The second-order valence-corrected chi connectivity index (χ2v) is 6.12.